The molecule has 7 aromatic rings. The van der Waals surface area contributed by atoms with Gasteiger partial charge in [-0.2, -0.15) is 0 Å². The Morgan fingerprint density at radius 1 is 0.682 bits per heavy atom. The van der Waals surface area contributed by atoms with Crippen molar-refractivity contribution in [3.05, 3.63) is 109 Å². The molecule has 0 saturated carbocycles. The van der Waals surface area contributed by atoms with E-state index in [9.17, 15) is 9.90 Å². The second-order valence-electron chi connectivity index (χ2n) is 13.2. The number of carbonyl (C=O) groups is 1. The van der Waals surface area contributed by atoms with E-state index in [1.54, 1.807) is 0 Å². The molecule has 7 rings (SSSR count). The van der Waals surface area contributed by atoms with Gasteiger partial charge in [-0.05, 0) is 39.1 Å². The van der Waals surface area contributed by atoms with E-state index < -0.39 is 5.41 Å². The van der Waals surface area contributed by atoms with Crippen LogP contribution in [0.3, 0.4) is 0 Å². The summed E-state index contributed by atoms with van der Waals surface area (Å²) in [5.74, 6) is 0.104. The number of aliphatic hydroxyl groups is 1. The standard InChI is InChI=1S/C28H15N2.C11H20O2.Ir/c1-2-9-19-16-25-24(15-18(19)8-1)29-27-23-12-6-5-11-21(23)22-14-13-17-7-3-4-10-20(17)26(22)28(27)30-25;1-10(2,3)8(12)7-9(13)11(4,5)6;/h1-11,13-16H;7,12H,1-6H3;/q-1;;. The minimum absolute atomic E-state index is 0. The molecule has 0 spiro atoms. The summed E-state index contributed by atoms with van der Waals surface area (Å²) in [5, 5.41) is 18.9. The number of ketones is 1. The van der Waals surface area contributed by atoms with Crippen molar-refractivity contribution in [1.29, 1.82) is 0 Å². The third-order valence-electron chi connectivity index (χ3n) is 7.86. The van der Waals surface area contributed by atoms with Gasteiger partial charge in [-0.1, -0.05) is 113 Å². The number of benzene rings is 6. The number of hydrogen-bond acceptors (Lipinski definition) is 4. The molecule has 1 radical (unpaired) electrons. The minimum atomic E-state index is -0.417. The Labute approximate surface area is 271 Å². The van der Waals surface area contributed by atoms with Crippen LogP contribution in [0.2, 0.25) is 0 Å². The van der Waals surface area contributed by atoms with Crippen molar-refractivity contribution in [3.63, 3.8) is 0 Å². The topological polar surface area (TPSA) is 63.1 Å². The quantitative estimate of drug-likeness (QED) is 0.0596. The fraction of sp³-hybridized carbons (Fsp3) is 0.205. The summed E-state index contributed by atoms with van der Waals surface area (Å²) in [6.07, 6.45) is 1.33. The molecular weight excluding hydrogens is 721 g/mol. The number of nitrogens with zero attached hydrogens (tertiary/aromatic N) is 2. The first-order valence-corrected chi connectivity index (χ1v) is 14.6. The molecule has 0 unspecified atom stereocenters. The first kappa shape index (κ1) is 31.3. The second-order valence-corrected chi connectivity index (χ2v) is 13.2. The molecule has 44 heavy (non-hydrogen) atoms. The van der Waals surface area contributed by atoms with Crippen molar-refractivity contribution < 1.29 is 30.0 Å². The van der Waals surface area contributed by atoms with E-state index in [-0.39, 0.29) is 37.1 Å². The van der Waals surface area contributed by atoms with Crippen molar-refractivity contribution in [2.75, 3.05) is 0 Å². The Kier molecular flexibility index (Phi) is 8.33. The molecule has 0 saturated heterocycles. The van der Waals surface area contributed by atoms with Gasteiger partial charge in [-0.15, -0.1) is 29.7 Å². The summed E-state index contributed by atoms with van der Waals surface area (Å²) in [6.45, 7) is 11.1. The molecule has 0 fully saturated rings. The maximum absolute atomic E-state index is 11.5. The average molecular weight is 756 g/mol. The van der Waals surface area contributed by atoms with E-state index in [1.807, 2.05) is 53.7 Å². The Morgan fingerprint density at radius 2 is 1.25 bits per heavy atom. The number of carbonyl (C=O) groups excluding carboxylic acids is 1. The Hall–Kier alpha value is -4.18. The van der Waals surface area contributed by atoms with Crippen LogP contribution in [0.15, 0.2) is 103 Å². The van der Waals surface area contributed by atoms with Crippen LogP contribution in [0.25, 0.3) is 65.2 Å². The molecule has 1 heterocycles. The van der Waals surface area contributed by atoms with Gasteiger partial charge in [0.25, 0.3) is 0 Å². The molecule has 223 valence electrons. The molecule has 0 bridgehead atoms. The van der Waals surface area contributed by atoms with Gasteiger partial charge in [0.1, 0.15) is 5.76 Å². The second kappa shape index (κ2) is 11.7. The van der Waals surface area contributed by atoms with Gasteiger partial charge < -0.3 is 5.11 Å². The van der Waals surface area contributed by atoms with E-state index in [2.05, 4.69) is 84.9 Å². The minimum Gasteiger partial charge on any atom is -0.512 e. The van der Waals surface area contributed by atoms with Gasteiger partial charge >= 0.3 is 0 Å². The predicted molar refractivity (Wildman–Crippen MR) is 181 cm³/mol. The van der Waals surface area contributed by atoms with Crippen LogP contribution in [-0.4, -0.2) is 20.9 Å². The van der Waals surface area contributed by atoms with Gasteiger partial charge in [0.15, 0.2) is 5.78 Å². The van der Waals surface area contributed by atoms with Crippen LogP contribution < -0.4 is 0 Å². The van der Waals surface area contributed by atoms with Crippen molar-refractivity contribution in [3.8, 4) is 0 Å². The summed E-state index contributed by atoms with van der Waals surface area (Å²) in [7, 11) is 0. The van der Waals surface area contributed by atoms with Crippen molar-refractivity contribution in [2.24, 2.45) is 10.8 Å². The van der Waals surface area contributed by atoms with Crippen molar-refractivity contribution in [2.45, 2.75) is 41.5 Å². The molecule has 0 aliphatic rings. The number of aromatic nitrogens is 2. The Balaban J connectivity index is 0.000000237. The van der Waals surface area contributed by atoms with Gasteiger partial charge in [0.05, 0.1) is 16.6 Å². The summed E-state index contributed by atoms with van der Waals surface area (Å²) in [6, 6.07) is 35.2. The molecule has 0 amide bonds. The zero-order valence-corrected chi connectivity index (χ0v) is 28.2. The van der Waals surface area contributed by atoms with Crippen molar-refractivity contribution in [1.82, 2.24) is 9.97 Å². The molecular formula is C39H35IrN2O2-. The molecule has 1 N–H and O–H groups in total. The van der Waals surface area contributed by atoms with Crippen LogP contribution in [0.4, 0.5) is 0 Å². The first-order chi connectivity index (χ1) is 20.4. The molecule has 4 nitrogen and oxygen atoms in total. The zero-order chi connectivity index (χ0) is 30.5. The largest absolute Gasteiger partial charge is 0.512 e. The number of rotatable bonds is 1. The smallest absolute Gasteiger partial charge is 0.164 e. The van der Waals surface area contributed by atoms with Gasteiger partial charge in [0, 0.05) is 42.5 Å². The first-order valence-electron chi connectivity index (χ1n) is 14.6. The monoisotopic (exact) mass is 756 g/mol. The van der Waals surface area contributed by atoms with Crippen LogP contribution in [0.5, 0.6) is 0 Å². The van der Waals surface area contributed by atoms with Gasteiger partial charge in [0.2, 0.25) is 0 Å². The third kappa shape index (κ3) is 5.82. The predicted octanol–water partition coefficient (Wildman–Crippen LogP) is 10.3. The summed E-state index contributed by atoms with van der Waals surface area (Å²) < 4.78 is 0. The zero-order valence-electron chi connectivity index (χ0n) is 25.8. The number of allylic oxidation sites excluding steroid dienone is 2. The van der Waals surface area contributed by atoms with E-state index in [4.69, 9.17) is 9.97 Å². The van der Waals surface area contributed by atoms with Crippen LogP contribution >= 0.6 is 0 Å². The third-order valence-corrected chi connectivity index (χ3v) is 7.86. The van der Waals surface area contributed by atoms with E-state index in [0.717, 1.165) is 32.8 Å². The summed E-state index contributed by atoms with van der Waals surface area (Å²) in [4.78, 5) is 21.8. The SMILES string of the molecule is CC(C)(C)C(=O)C=C(O)C(C)(C)C.[Ir].[c-]1cccc2c1c1nc3cc4ccccc4cc3nc1c1c3ccccc3ccc21. The molecule has 5 heteroatoms. The van der Waals surface area contributed by atoms with Gasteiger partial charge in [-0.3, -0.25) is 14.8 Å². The summed E-state index contributed by atoms with van der Waals surface area (Å²) >= 11 is 0. The fourth-order valence-corrected chi connectivity index (χ4v) is 5.26. The van der Waals surface area contributed by atoms with E-state index in [1.165, 1.54) is 38.4 Å². The summed E-state index contributed by atoms with van der Waals surface area (Å²) in [5.41, 5.74) is 2.93. The number of fused-ring (bicyclic) bond motifs is 10. The Morgan fingerprint density at radius 3 is 1.86 bits per heavy atom. The van der Waals surface area contributed by atoms with Gasteiger partial charge in [-0.25, -0.2) is 0 Å². The molecule has 1 aromatic heterocycles. The normalized spacial score (nSPS) is 12.5. The average Bonchev–Trinajstić information content (AvgIpc) is 2.98. The van der Waals surface area contributed by atoms with E-state index >= 15 is 0 Å². The van der Waals surface area contributed by atoms with E-state index in [0.29, 0.717) is 0 Å². The molecule has 0 aliphatic carbocycles. The van der Waals surface area contributed by atoms with Crippen LogP contribution in [0.1, 0.15) is 41.5 Å². The Bertz CT molecular complexity index is 2230. The van der Waals surface area contributed by atoms with Crippen LogP contribution in [0, 0.1) is 16.9 Å². The fourth-order valence-electron chi connectivity index (χ4n) is 5.26. The maximum Gasteiger partial charge on any atom is 0.164 e. The number of hydrogen-bond donors (Lipinski definition) is 1. The molecule has 6 aromatic carbocycles. The molecule has 0 atom stereocenters. The maximum atomic E-state index is 11.5. The van der Waals surface area contributed by atoms with Crippen molar-refractivity contribution >= 4 is 70.9 Å². The van der Waals surface area contributed by atoms with Crippen LogP contribution in [-0.2, 0) is 24.9 Å². The number of aliphatic hydroxyl groups excluding tert-OH is 1. The molecule has 0 aliphatic heterocycles.